The second-order valence-electron chi connectivity index (χ2n) is 8.56. The fraction of sp³-hybridized carbons (Fsp3) is 0.241. The van der Waals surface area contributed by atoms with E-state index in [-0.39, 0.29) is 12.5 Å². The Bertz CT molecular complexity index is 1280. The van der Waals surface area contributed by atoms with Gasteiger partial charge >= 0.3 is 0 Å². The molecule has 9 nitrogen and oxygen atoms in total. The number of amides is 2. The molecule has 38 heavy (non-hydrogen) atoms. The first-order valence-corrected chi connectivity index (χ1v) is 12.1. The Morgan fingerprint density at radius 3 is 2.21 bits per heavy atom. The maximum absolute atomic E-state index is 12.4. The van der Waals surface area contributed by atoms with Gasteiger partial charge in [0.25, 0.3) is 5.91 Å². The average molecular weight is 515 g/mol. The van der Waals surface area contributed by atoms with Crippen LogP contribution in [0.3, 0.4) is 0 Å². The summed E-state index contributed by atoms with van der Waals surface area (Å²) in [6.45, 7) is 1.46. The van der Waals surface area contributed by atoms with Crippen molar-refractivity contribution in [1.82, 2.24) is 15.6 Å². The van der Waals surface area contributed by atoms with E-state index in [9.17, 15) is 19.5 Å². The minimum atomic E-state index is -1.19. The molecule has 0 aliphatic heterocycles. The Morgan fingerprint density at radius 1 is 0.974 bits per heavy atom. The minimum absolute atomic E-state index is 0.139. The molecule has 0 aliphatic carbocycles. The van der Waals surface area contributed by atoms with E-state index in [4.69, 9.17) is 5.11 Å². The van der Waals surface area contributed by atoms with Crippen LogP contribution in [0.2, 0.25) is 0 Å². The number of hydrogen-bond donors (Lipinski definition) is 5. The largest absolute Gasteiger partial charge is 0.391 e. The van der Waals surface area contributed by atoms with Gasteiger partial charge in [-0.25, -0.2) is 0 Å². The SMILES string of the molecule is C[C@@H](O)[C@H](NC(=O)c1ccc(C#Cc2ccc(NC(=O)CNCCc3cccnc3)cc2)cc1)C(=O)CO. The first-order chi connectivity index (χ1) is 18.4. The fourth-order valence-electron chi connectivity index (χ4n) is 3.47. The van der Waals surface area contributed by atoms with Crippen LogP contribution >= 0.6 is 0 Å². The van der Waals surface area contributed by atoms with E-state index in [1.54, 1.807) is 60.9 Å². The number of ketones is 1. The minimum Gasteiger partial charge on any atom is -0.391 e. The lowest BCUT2D eigenvalue weighted by Gasteiger charge is -2.19. The molecule has 5 N–H and O–H groups in total. The number of anilines is 1. The normalized spacial score (nSPS) is 12.0. The number of aliphatic hydroxyl groups is 2. The number of pyridine rings is 1. The van der Waals surface area contributed by atoms with Crippen LogP contribution < -0.4 is 16.0 Å². The smallest absolute Gasteiger partial charge is 0.251 e. The molecule has 0 spiro atoms. The van der Waals surface area contributed by atoms with E-state index in [1.807, 2.05) is 12.1 Å². The van der Waals surface area contributed by atoms with Crippen molar-refractivity contribution in [1.29, 1.82) is 0 Å². The summed E-state index contributed by atoms with van der Waals surface area (Å²) < 4.78 is 0. The number of nitrogens with one attached hydrogen (secondary N) is 3. The van der Waals surface area contributed by atoms with Gasteiger partial charge in [0, 0.05) is 34.8 Å². The number of Topliss-reactive ketones (excluding diaryl/α,β-unsaturated/α-hetero) is 1. The standard InChI is InChI=1S/C29H30N4O5/c1-20(35)28(26(36)19-34)33-29(38)24-10-6-21(7-11-24)4-5-22-8-12-25(13-9-22)32-27(37)18-31-16-14-23-3-2-15-30-17-23/h2-3,6-13,15,17,20,28,31,34-35H,14,16,18-19H2,1H3,(H,32,37)(H,33,38)/t20-,28+/m1/s1. The second-order valence-corrected chi connectivity index (χ2v) is 8.56. The van der Waals surface area contributed by atoms with Gasteiger partial charge < -0.3 is 26.2 Å². The van der Waals surface area contributed by atoms with E-state index in [0.29, 0.717) is 23.4 Å². The summed E-state index contributed by atoms with van der Waals surface area (Å²) in [4.78, 5) is 40.3. The first kappa shape index (κ1) is 28.2. The molecule has 1 heterocycles. The Kier molecular flexibility index (Phi) is 10.7. The van der Waals surface area contributed by atoms with Crippen molar-refractivity contribution in [2.24, 2.45) is 0 Å². The van der Waals surface area contributed by atoms with Crippen molar-refractivity contribution >= 4 is 23.3 Å². The van der Waals surface area contributed by atoms with Gasteiger partial charge in [-0.1, -0.05) is 17.9 Å². The van der Waals surface area contributed by atoms with Crippen molar-refractivity contribution in [3.05, 3.63) is 95.3 Å². The molecule has 0 unspecified atom stereocenters. The Labute approximate surface area is 221 Å². The molecule has 0 aliphatic rings. The molecule has 9 heteroatoms. The summed E-state index contributed by atoms with van der Waals surface area (Å²) in [7, 11) is 0. The number of nitrogens with zero attached hydrogens (tertiary/aromatic N) is 1. The summed E-state index contributed by atoms with van der Waals surface area (Å²) in [5, 5.41) is 27.1. The summed E-state index contributed by atoms with van der Waals surface area (Å²) in [5.74, 6) is 4.69. The third kappa shape index (κ3) is 8.94. The van der Waals surface area contributed by atoms with E-state index in [0.717, 1.165) is 17.5 Å². The Morgan fingerprint density at radius 2 is 1.63 bits per heavy atom. The van der Waals surface area contributed by atoms with Crippen LogP contribution in [0, 0.1) is 11.8 Å². The molecule has 0 saturated heterocycles. The van der Waals surface area contributed by atoms with Crippen LogP contribution in [0.15, 0.2) is 73.1 Å². The number of rotatable bonds is 11. The monoisotopic (exact) mass is 514 g/mol. The molecule has 0 bridgehead atoms. The summed E-state index contributed by atoms with van der Waals surface area (Å²) in [6.07, 6.45) is 3.19. The average Bonchev–Trinajstić information content (AvgIpc) is 2.94. The van der Waals surface area contributed by atoms with Crippen molar-refractivity contribution in [3.8, 4) is 11.8 Å². The van der Waals surface area contributed by atoms with Gasteiger partial charge in [-0.2, -0.15) is 0 Å². The van der Waals surface area contributed by atoms with E-state index in [1.165, 1.54) is 6.92 Å². The maximum atomic E-state index is 12.4. The Hall–Kier alpha value is -4.36. The second kappa shape index (κ2) is 14.4. The van der Waals surface area contributed by atoms with Gasteiger partial charge in [-0.3, -0.25) is 19.4 Å². The van der Waals surface area contributed by atoms with Gasteiger partial charge in [-0.15, -0.1) is 0 Å². The topological polar surface area (TPSA) is 141 Å². The molecule has 2 aromatic carbocycles. The molecule has 3 aromatic rings. The van der Waals surface area contributed by atoms with Crippen LogP contribution in [-0.2, 0) is 16.0 Å². The predicted molar refractivity (Wildman–Crippen MR) is 143 cm³/mol. The number of aliphatic hydroxyl groups excluding tert-OH is 2. The third-order valence-electron chi connectivity index (χ3n) is 5.54. The van der Waals surface area contributed by atoms with Gasteiger partial charge in [0.05, 0.1) is 12.6 Å². The van der Waals surface area contributed by atoms with E-state index >= 15 is 0 Å². The number of benzene rings is 2. The first-order valence-electron chi connectivity index (χ1n) is 12.1. The van der Waals surface area contributed by atoms with Crippen molar-refractivity contribution in [2.75, 3.05) is 25.0 Å². The lowest BCUT2D eigenvalue weighted by Crippen LogP contribution is -2.48. The van der Waals surface area contributed by atoms with Crippen molar-refractivity contribution in [2.45, 2.75) is 25.5 Å². The molecular weight excluding hydrogens is 484 g/mol. The molecule has 2 atom stereocenters. The number of carbonyl (C=O) groups excluding carboxylic acids is 3. The van der Waals surface area contributed by atoms with Crippen LogP contribution in [0.5, 0.6) is 0 Å². The molecular formula is C29H30N4O5. The molecule has 1 aromatic heterocycles. The summed E-state index contributed by atoms with van der Waals surface area (Å²) in [5.41, 5.74) is 3.49. The highest BCUT2D eigenvalue weighted by molar-refractivity contribution is 5.98. The highest BCUT2D eigenvalue weighted by Gasteiger charge is 2.25. The van der Waals surface area contributed by atoms with Crippen LogP contribution in [0.1, 0.15) is 34.0 Å². The van der Waals surface area contributed by atoms with Gasteiger partial charge in [0.2, 0.25) is 5.91 Å². The zero-order valence-corrected chi connectivity index (χ0v) is 21.0. The summed E-state index contributed by atoms with van der Waals surface area (Å²) >= 11 is 0. The lowest BCUT2D eigenvalue weighted by molar-refractivity contribution is -0.125. The summed E-state index contributed by atoms with van der Waals surface area (Å²) in [6, 6.07) is 16.3. The number of carbonyl (C=O) groups is 3. The molecule has 3 rings (SSSR count). The molecule has 0 radical (unpaired) electrons. The Balaban J connectivity index is 1.47. The van der Waals surface area contributed by atoms with E-state index < -0.39 is 30.4 Å². The van der Waals surface area contributed by atoms with Gasteiger partial charge in [0.15, 0.2) is 5.78 Å². The lowest BCUT2D eigenvalue weighted by atomic mass is 10.1. The number of aromatic nitrogens is 1. The quantitative estimate of drug-likeness (QED) is 0.192. The van der Waals surface area contributed by atoms with E-state index in [2.05, 4.69) is 32.8 Å². The zero-order valence-electron chi connectivity index (χ0n) is 21.0. The van der Waals surface area contributed by atoms with Crippen LogP contribution in [0.4, 0.5) is 5.69 Å². The molecule has 2 amide bonds. The van der Waals surface area contributed by atoms with Crippen LogP contribution in [0.25, 0.3) is 0 Å². The fourth-order valence-corrected chi connectivity index (χ4v) is 3.47. The van der Waals surface area contributed by atoms with Crippen LogP contribution in [-0.4, -0.2) is 64.6 Å². The third-order valence-corrected chi connectivity index (χ3v) is 5.54. The van der Waals surface area contributed by atoms with Gasteiger partial charge in [-0.05, 0) is 80.1 Å². The highest BCUT2D eigenvalue weighted by Crippen LogP contribution is 2.10. The maximum Gasteiger partial charge on any atom is 0.251 e. The van der Waals surface area contributed by atoms with Crippen molar-refractivity contribution in [3.63, 3.8) is 0 Å². The zero-order chi connectivity index (χ0) is 27.3. The predicted octanol–water partition coefficient (Wildman–Crippen LogP) is 1.29. The van der Waals surface area contributed by atoms with Crippen molar-refractivity contribution < 1.29 is 24.6 Å². The molecule has 196 valence electrons. The molecule has 0 saturated carbocycles. The highest BCUT2D eigenvalue weighted by atomic mass is 16.3. The number of hydrogen-bond acceptors (Lipinski definition) is 7. The van der Waals surface area contributed by atoms with Gasteiger partial charge in [0.1, 0.15) is 12.6 Å². The molecule has 0 fully saturated rings.